The first kappa shape index (κ1) is 21.7. The van der Waals surface area contributed by atoms with Gasteiger partial charge in [0.2, 0.25) is 0 Å². The molecule has 34 heavy (non-hydrogen) atoms. The molecule has 0 saturated carbocycles. The van der Waals surface area contributed by atoms with E-state index in [2.05, 4.69) is 15.4 Å². The van der Waals surface area contributed by atoms with Crippen molar-refractivity contribution >= 4 is 23.1 Å². The minimum atomic E-state index is -4.96. The van der Waals surface area contributed by atoms with Crippen LogP contribution in [0.3, 0.4) is 0 Å². The minimum absolute atomic E-state index is 0.00385. The van der Waals surface area contributed by atoms with E-state index in [9.17, 15) is 31.1 Å². The summed E-state index contributed by atoms with van der Waals surface area (Å²) < 4.78 is 82.9. The normalized spacial score (nSPS) is 15.4. The lowest BCUT2D eigenvalue weighted by molar-refractivity contribution is -0.142. The molecule has 2 aromatic heterocycles. The fourth-order valence-corrected chi connectivity index (χ4v) is 4.11. The van der Waals surface area contributed by atoms with E-state index in [0.29, 0.717) is 33.1 Å². The summed E-state index contributed by atoms with van der Waals surface area (Å²) in [6, 6.07) is 5.44. The molecule has 174 valence electrons. The van der Waals surface area contributed by atoms with E-state index in [1.165, 1.54) is 12.2 Å². The molecule has 0 unspecified atom stereocenters. The molecule has 1 amide bonds. The quantitative estimate of drug-likeness (QED) is 0.522. The number of hydrogen-bond donors (Lipinski definition) is 2. The second-order valence-corrected chi connectivity index (χ2v) is 7.68. The molecule has 0 radical (unpaired) electrons. The molecular weight excluding hydrogens is 464 g/mol. The van der Waals surface area contributed by atoms with E-state index in [1.54, 1.807) is 18.2 Å². The van der Waals surface area contributed by atoms with Crippen molar-refractivity contribution in [3.8, 4) is 11.1 Å². The Morgan fingerprint density at radius 1 is 1.00 bits per heavy atom. The molecule has 1 aliphatic carbocycles. The van der Waals surface area contributed by atoms with Crippen molar-refractivity contribution < 1.29 is 31.1 Å². The Labute approximate surface area is 187 Å². The van der Waals surface area contributed by atoms with Crippen molar-refractivity contribution in [3.05, 3.63) is 76.8 Å². The smallest absolute Gasteiger partial charge is 0.383 e. The van der Waals surface area contributed by atoms with E-state index in [0.717, 1.165) is 12.4 Å². The van der Waals surface area contributed by atoms with Gasteiger partial charge in [0.05, 0.1) is 11.8 Å². The number of carbonyl (C=O) groups is 1. The fraction of sp³-hybridized carbons (Fsp3) is 0.136. The van der Waals surface area contributed by atoms with Crippen LogP contribution in [0.1, 0.15) is 32.7 Å². The van der Waals surface area contributed by atoms with Gasteiger partial charge in [0.15, 0.2) is 5.69 Å². The van der Waals surface area contributed by atoms with E-state index in [-0.39, 0.29) is 18.0 Å². The Morgan fingerprint density at radius 2 is 1.76 bits per heavy atom. The number of anilines is 1. The second kappa shape index (κ2) is 7.20. The van der Waals surface area contributed by atoms with Crippen molar-refractivity contribution in [3.63, 3.8) is 0 Å². The fourth-order valence-electron chi connectivity index (χ4n) is 4.11. The molecule has 6 nitrogen and oxygen atoms in total. The minimum Gasteiger partial charge on any atom is -0.383 e. The first-order chi connectivity index (χ1) is 15.9. The maximum atomic E-state index is 14.2. The van der Waals surface area contributed by atoms with Crippen molar-refractivity contribution in [2.45, 2.75) is 18.8 Å². The van der Waals surface area contributed by atoms with Crippen LogP contribution in [0.4, 0.5) is 32.2 Å². The summed E-state index contributed by atoms with van der Waals surface area (Å²) in [6.45, 7) is 0. The van der Waals surface area contributed by atoms with Crippen LogP contribution in [-0.4, -0.2) is 20.7 Å². The topological polar surface area (TPSA) is 85.8 Å². The monoisotopic (exact) mass is 477 g/mol. The predicted octanol–water partition coefficient (Wildman–Crippen LogP) is 4.75. The van der Waals surface area contributed by atoms with Gasteiger partial charge in [-0.2, -0.15) is 31.4 Å². The number of aromatic nitrogens is 3. The Balaban J connectivity index is 1.66. The van der Waals surface area contributed by atoms with Crippen LogP contribution in [0.5, 0.6) is 0 Å². The molecule has 3 aromatic rings. The number of nitrogens with zero attached hydrogens (tertiary/aromatic N) is 3. The molecule has 1 aliphatic heterocycles. The van der Waals surface area contributed by atoms with Gasteiger partial charge in [0.1, 0.15) is 5.82 Å². The van der Waals surface area contributed by atoms with E-state index >= 15 is 0 Å². The van der Waals surface area contributed by atoms with E-state index in [1.807, 2.05) is 0 Å². The number of nitrogen functional groups attached to an aromatic ring is 1. The third-order valence-electron chi connectivity index (χ3n) is 5.57. The molecule has 3 N–H and O–H groups in total. The van der Waals surface area contributed by atoms with Crippen molar-refractivity contribution in [2.24, 2.45) is 0 Å². The summed E-state index contributed by atoms with van der Waals surface area (Å²) in [4.78, 5) is 15.5. The van der Waals surface area contributed by atoms with E-state index < -0.39 is 40.6 Å². The van der Waals surface area contributed by atoms with Gasteiger partial charge < -0.3 is 11.1 Å². The lowest BCUT2D eigenvalue weighted by Gasteiger charge is -2.16. The first-order valence-electron chi connectivity index (χ1n) is 9.78. The summed E-state index contributed by atoms with van der Waals surface area (Å²) >= 11 is 0. The zero-order valence-corrected chi connectivity index (χ0v) is 16.9. The molecule has 2 aliphatic rings. The number of rotatable bonds is 2. The number of nitrogens with one attached hydrogen (secondary N) is 1. The van der Waals surface area contributed by atoms with Crippen LogP contribution >= 0.6 is 0 Å². The number of nitrogens with two attached hydrogens (primary N) is 1. The molecule has 12 heteroatoms. The van der Waals surface area contributed by atoms with Gasteiger partial charge in [0.25, 0.3) is 5.91 Å². The summed E-state index contributed by atoms with van der Waals surface area (Å²) in [5, 5.41) is 6.54. The van der Waals surface area contributed by atoms with Crippen LogP contribution in [0.25, 0.3) is 22.5 Å². The number of amides is 1. The highest BCUT2D eigenvalue weighted by Crippen LogP contribution is 2.42. The van der Waals surface area contributed by atoms with Crippen molar-refractivity contribution in [1.82, 2.24) is 20.1 Å². The number of allylic oxidation sites excluding steroid dienone is 3. The highest BCUT2D eigenvalue weighted by Gasteiger charge is 2.41. The number of hydrogen-bond acceptors (Lipinski definition) is 4. The SMILES string of the molecule is Nc1ncc(-c2cnn(C3=CC=C4NC(=O)c5cccc(c54)C3)c2C(F)(F)F)cc1C(F)(F)F. The first-order valence-corrected chi connectivity index (χ1v) is 9.78. The van der Waals surface area contributed by atoms with Crippen LogP contribution in [0.15, 0.2) is 48.8 Å². The zero-order chi connectivity index (χ0) is 24.4. The molecule has 0 atom stereocenters. The Hall–Kier alpha value is -4.09. The maximum absolute atomic E-state index is 14.2. The Kier molecular flexibility index (Phi) is 4.61. The average molecular weight is 477 g/mol. The third-order valence-corrected chi connectivity index (χ3v) is 5.57. The molecule has 0 fully saturated rings. The highest BCUT2D eigenvalue weighted by atomic mass is 19.4. The zero-order valence-electron chi connectivity index (χ0n) is 16.9. The van der Waals surface area contributed by atoms with Gasteiger partial charge in [-0.05, 0) is 29.8 Å². The van der Waals surface area contributed by atoms with Crippen LogP contribution in [0.2, 0.25) is 0 Å². The maximum Gasteiger partial charge on any atom is 0.434 e. The second-order valence-electron chi connectivity index (χ2n) is 7.68. The van der Waals surface area contributed by atoms with Crippen molar-refractivity contribution in [2.75, 3.05) is 5.73 Å². The lowest BCUT2D eigenvalue weighted by Crippen LogP contribution is -2.17. The lowest BCUT2D eigenvalue weighted by atomic mass is 9.99. The molecule has 0 saturated heterocycles. The predicted molar refractivity (Wildman–Crippen MR) is 110 cm³/mol. The standard InChI is InChI=1S/C22H13F6N5O/c23-21(24,25)15-7-11(8-30-19(15)29)14-9-31-33(18(14)22(26,27)28)12-4-5-16-17-10(6-12)2-1-3-13(17)20(34)32-16/h1-5,7-9H,6H2,(H2,29,30)(H,32,34). The van der Waals surface area contributed by atoms with Gasteiger partial charge in [0, 0.05) is 46.3 Å². The number of pyridine rings is 1. The molecule has 0 spiro atoms. The summed E-state index contributed by atoms with van der Waals surface area (Å²) in [5.74, 6) is -1.15. The summed E-state index contributed by atoms with van der Waals surface area (Å²) in [5.41, 5.74) is 3.85. The van der Waals surface area contributed by atoms with Gasteiger partial charge in [-0.25, -0.2) is 9.67 Å². The number of halogens is 6. The van der Waals surface area contributed by atoms with Gasteiger partial charge in [-0.1, -0.05) is 12.1 Å². The highest BCUT2D eigenvalue weighted by molar-refractivity contribution is 6.10. The van der Waals surface area contributed by atoms with Crippen LogP contribution in [-0.2, 0) is 18.8 Å². The molecule has 1 aromatic carbocycles. The average Bonchev–Trinajstić information content (AvgIpc) is 3.28. The number of alkyl halides is 6. The summed E-state index contributed by atoms with van der Waals surface area (Å²) in [6.07, 6.45) is -5.31. The van der Waals surface area contributed by atoms with Crippen molar-refractivity contribution in [1.29, 1.82) is 0 Å². The summed E-state index contributed by atoms with van der Waals surface area (Å²) in [7, 11) is 0. The molecular formula is C22H13F6N5O. The molecule has 3 heterocycles. The third kappa shape index (κ3) is 3.42. The van der Waals surface area contributed by atoms with Gasteiger partial charge >= 0.3 is 12.4 Å². The Morgan fingerprint density at radius 3 is 2.47 bits per heavy atom. The van der Waals surface area contributed by atoms with Gasteiger partial charge in [-0.15, -0.1) is 0 Å². The number of benzene rings is 1. The number of carbonyl (C=O) groups excluding carboxylic acids is 1. The Bertz CT molecular complexity index is 1410. The van der Waals surface area contributed by atoms with Gasteiger partial charge in [-0.3, -0.25) is 4.79 Å². The molecule has 5 rings (SSSR count). The van der Waals surface area contributed by atoms with Crippen LogP contribution < -0.4 is 11.1 Å². The van der Waals surface area contributed by atoms with Crippen LogP contribution in [0, 0.1) is 0 Å². The molecule has 0 bridgehead atoms. The van der Waals surface area contributed by atoms with E-state index in [4.69, 9.17) is 5.73 Å². The largest absolute Gasteiger partial charge is 0.434 e.